The SMILES string of the molecule is CNCC1(C(c2ccc3c(c2)CCC3)N(C)C)CC1. The first-order chi connectivity index (χ1) is 9.16. The lowest BCUT2D eigenvalue weighted by atomic mass is 9.87. The van der Waals surface area contributed by atoms with Crippen LogP contribution in [0.25, 0.3) is 0 Å². The van der Waals surface area contributed by atoms with Gasteiger partial charge in [-0.05, 0) is 69.9 Å². The first-order valence-electron chi connectivity index (χ1n) is 7.59. The normalized spacial score (nSPS) is 21.5. The molecule has 1 atom stereocenters. The van der Waals surface area contributed by atoms with Gasteiger partial charge in [-0.25, -0.2) is 0 Å². The van der Waals surface area contributed by atoms with Crippen molar-refractivity contribution in [2.24, 2.45) is 5.41 Å². The summed E-state index contributed by atoms with van der Waals surface area (Å²) < 4.78 is 0. The Morgan fingerprint density at radius 2 is 1.95 bits per heavy atom. The second-order valence-corrected chi connectivity index (χ2v) is 6.64. The fraction of sp³-hybridized carbons (Fsp3) is 0.647. The van der Waals surface area contributed by atoms with Crippen LogP contribution in [0.4, 0.5) is 0 Å². The number of hydrogen-bond donors (Lipinski definition) is 1. The molecular formula is C17H26N2. The molecule has 1 N–H and O–H groups in total. The maximum atomic E-state index is 3.40. The Balaban J connectivity index is 1.92. The first kappa shape index (κ1) is 13.1. The molecule has 0 amide bonds. The van der Waals surface area contributed by atoms with Gasteiger partial charge in [-0.3, -0.25) is 0 Å². The lowest BCUT2D eigenvalue weighted by Gasteiger charge is -2.33. The number of benzene rings is 1. The van der Waals surface area contributed by atoms with Crippen LogP contribution in [0.2, 0.25) is 0 Å². The lowest BCUT2D eigenvalue weighted by Crippen LogP contribution is -2.34. The lowest BCUT2D eigenvalue weighted by molar-refractivity contribution is 0.191. The number of rotatable bonds is 5. The summed E-state index contributed by atoms with van der Waals surface area (Å²) in [6.07, 6.45) is 6.61. The minimum absolute atomic E-state index is 0.463. The van der Waals surface area contributed by atoms with E-state index < -0.39 is 0 Å². The zero-order valence-corrected chi connectivity index (χ0v) is 12.5. The third-order valence-electron chi connectivity index (χ3n) is 4.96. The van der Waals surface area contributed by atoms with Gasteiger partial charge >= 0.3 is 0 Å². The fourth-order valence-electron chi connectivity index (χ4n) is 4.02. The zero-order valence-electron chi connectivity index (χ0n) is 12.5. The predicted molar refractivity (Wildman–Crippen MR) is 80.5 cm³/mol. The minimum Gasteiger partial charge on any atom is -0.319 e. The topological polar surface area (TPSA) is 15.3 Å². The van der Waals surface area contributed by atoms with E-state index in [1.54, 1.807) is 11.1 Å². The van der Waals surface area contributed by atoms with Crippen molar-refractivity contribution in [2.75, 3.05) is 27.7 Å². The Bertz CT molecular complexity index is 460. The van der Waals surface area contributed by atoms with Crippen LogP contribution in [0.1, 0.15) is 42.0 Å². The summed E-state index contributed by atoms with van der Waals surface area (Å²) in [5.41, 5.74) is 5.17. The average Bonchev–Trinajstić information content (AvgIpc) is 2.98. The number of hydrogen-bond acceptors (Lipinski definition) is 2. The summed E-state index contributed by atoms with van der Waals surface area (Å²) in [5, 5.41) is 3.40. The molecule has 1 aromatic carbocycles. The van der Waals surface area contributed by atoms with Gasteiger partial charge in [0.25, 0.3) is 0 Å². The van der Waals surface area contributed by atoms with Crippen LogP contribution in [0.15, 0.2) is 18.2 Å². The van der Waals surface area contributed by atoms with Crippen molar-refractivity contribution in [2.45, 2.75) is 38.1 Å². The van der Waals surface area contributed by atoms with E-state index in [1.165, 1.54) is 37.7 Å². The summed E-state index contributed by atoms with van der Waals surface area (Å²) in [5.74, 6) is 0. The number of nitrogens with one attached hydrogen (secondary N) is 1. The molecule has 104 valence electrons. The highest BCUT2D eigenvalue weighted by molar-refractivity contribution is 5.38. The highest BCUT2D eigenvalue weighted by Gasteiger charge is 2.50. The molecule has 0 spiro atoms. The van der Waals surface area contributed by atoms with Crippen LogP contribution < -0.4 is 5.32 Å². The third-order valence-corrected chi connectivity index (χ3v) is 4.96. The second-order valence-electron chi connectivity index (χ2n) is 6.64. The third kappa shape index (κ3) is 2.32. The molecule has 2 nitrogen and oxygen atoms in total. The van der Waals surface area contributed by atoms with E-state index in [9.17, 15) is 0 Å². The van der Waals surface area contributed by atoms with Gasteiger partial charge in [-0.2, -0.15) is 0 Å². The van der Waals surface area contributed by atoms with E-state index in [-0.39, 0.29) is 0 Å². The molecule has 1 fully saturated rings. The van der Waals surface area contributed by atoms with Crippen molar-refractivity contribution in [3.63, 3.8) is 0 Å². The molecule has 3 rings (SSSR count). The summed E-state index contributed by atoms with van der Waals surface area (Å²) in [6, 6.07) is 7.81. The molecule has 0 saturated heterocycles. The van der Waals surface area contributed by atoms with Gasteiger partial charge in [0.2, 0.25) is 0 Å². The summed E-state index contributed by atoms with van der Waals surface area (Å²) in [7, 11) is 6.54. The van der Waals surface area contributed by atoms with Gasteiger partial charge < -0.3 is 10.2 Å². The van der Waals surface area contributed by atoms with Crippen LogP contribution in [0, 0.1) is 5.41 Å². The van der Waals surface area contributed by atoms with Crippen molar-refractivity contribution < 1.29 is 0 Å². The molecular weight excluding hydrogens is 232 g/mol. The van der Waals surface area contributed by atoms with Gasteiger partial charge in [0.15, 0.2) is 0 Å². The predicted octanol–water partition coefficient (Wildman–Crippen LogP) is 2.78. The monoisotopic (exact) mass is 258 g/mol. The maximum Gasteiger partial charge on any atom is 0.0410 e. The zero-order chi connectivity index (χ0) is 13.5. The Hall–Kier alpha value is -0.860. The van der Waals surface area contributed by atoms with Crippen LogP contribution in [0.5, 0.6) is 0 Å². The van der Waals surface area contributed by atoms with E-state index >= 15 is 0 Å². The van der Waals surface area contributed by atoms with Crippen molar-refractivity contribution in [1.82, 2.24) is 10.2 Å². The Labute approximate surface area is 117 Å². The molecule has 2 heteroatoms. The van der Waals surface area contributed by atoms with E-state index in [0.29, 0.717) is 11.5 Å². The molecule has 19 heavy (non-hydrogen) atoms. The molecule has 1 aromatic rings. The molecule has 0 aromatic heterocycles. The van der Waals surface area contributed by atoms with E-state index in [0.717, 1.165) is 6.54 Å². The maximum absolute atomic E-state index is 3.40. The summed E-state index contributed by atoms with van der Waals surface area (Å²) in [4.78, 5) is 2.42. The summed E-state index contributed by atoms with van der Waals surface area (Å²) >= 11 is 0. The van der Waals surface area contributed by atoms with E-state index in [4.69, 9.17) is 0 Å². The smallest absolute Gasteiger partial charge is 0.0410 e. The highest BCUT2D eigenvalue weighted by atomic mass is 15.1. The van der Waals surface area contributed by atoms with Crippen LogP contribution in [-0.4, -0.2) is 32.6 Å². The van der Waals surface area contributed by atoms with Crippen molar-refractivity contribution >= 4 is 0 Å². The standard InChI is InChI=1S/C17H26N2/c1-18-12-17(9-10-17)16(19(2)3)15-8-7-13-5-4-6-14(13)11-15/h7-8,11,16,18H,4-6,9-10,12H2,1-3H3. The minimum atomic E-state index is 0.463. The molecule has 0 aliphatic heterocycles. The summed E-state index contributed by atoms with van der Waals surface area (Å²) in [6.45, 7) is 1.13. The van der Waals surface area contributed by atoms with Gasteiger partial charge in [-0.1, -0.05) is 18.2 Å². The molecule has 0 radical (unpaired) electrons. The second kappa shape index (κ2) is 4.92. The molecule has 0 bridgehead atoms. The van der Waals surface area contributed by atoms with Gasteiger partial charge in [-0.15, -0.1) is 0 Å². The van der Waals surface area contributed by atoms with Crippen molar-refractivity contribution in [3.05, 3.63) is 34.9 Å². The van der Waals surface area contributed by atoms with Crippen LogP contribution in [0.3, 0.4) is 0 Å². The van der Waals surface area contributed by atoms with Crippen molar-refractivity contribution in [3.8, 4) is 0 Å². The quantitative estimate of drug-likeness (QED) is 0.873. The first-order valence-corrected chi connectivity index (χ1v) is 7.59. The van der Waals surface area contributed by atoms with E-state index in [2.05, 4.69) is 49.6 Å². The molecule has 2 aliphatic carbocycles. The number of nitrogens with zero attached hydrogens (tertiary/aromatic N) is 1. The molecule has 2 aliphatic rings. The number of fused-ring (bicyclic) bond motifs is 1. The Morgan fingerprint density at radius 3 is 2.58 bits per heavy atom. The fourth-order valence-corrected chi connectivity index (χ4v) is 4.02. The molecule has 1 saturated carbocycles. The molecule has 1 unspecified atom stereocenters. The largest absolute Gasteiger partial charge is 0.319 e. The van der Waals surface area contributed by atoms with Crippen LogP contribution in [-0.2, 0) is 12.8 Å². The van der Waals surface area contributed by atoms with Crippen LogP contribution >= 0.6 is 0 Å². The van der Waals surface area contributed by atoms with Gasteiger partial charge in [0.05, 0.1) is 0 Å². The molecule has 0 heterocycles. The Kier molecular flexibility index (Phi) is 3.40. The van der Waals surface area contributed by atoms with Gasteiger partial charge in [0, 0.05) is 18.0 Å². The van der Waals surface area contributed by atoms with Gasteiger partial charge in [0.1, 0.15) is 0 Å². The highest BCUT2D eigenvalue weighted by Crippen LogP contribution is 2.56. The Morgan fingerprint density at radius 1 is 1.21 bits per heavy atom. The van der Waals surface area contributed by atoms with E-state index in [1.807, 2.05) is 0 Å². The average molecular weight is 258 g/mol. The number of aryl methyl sites for hydroxylation is 2. The van der Waals surface area contributed by atoms with Crippen molar-refractivity contribution in [1.29, 1.82) is 0 Å².